The number of hydrogen-bond donors (Lipinski definition) is 2. The summed E-state index contributed by atoms with van der Waals surface area (Å²) in [4.78, 5) is 11.1. The molecule has 0 heterocycles. The highest BCUT2D eigenvalue weighted by Gasteiger charge is 2.38. The third kappa shape index (κ3) is 2.34. The van der Waals surface area contributed by atoms with E-state index in [1.165, 1.54) is 6.92 Å². The van der Waals surface area contributed by atoms with Gasteiger partial charge in [-0.1, -0.05) is 30.3 Å². The Hall–Kier alpha value is -1.39. The molecule has 0 saturated heterocycles. The van der Waals surface area contributed by atoms with E-state index in [1.54, 1.807) is 30.3 Å². The van der Waals surface area contributed by atoms with Crippen molar-refractivity contribution in [1.29, 1.82) is 0 Å². The van der Waals surface area contributed by atoms with Crippen molar-refractivity contribution >= 4 is 5.97 Å². The Morgan fingerprint density at radius 2 is 1.93 bits per heavy atom. The fourth-order valence-electron chi connectivity index (χ4n) is 1.27. The van der Waals surface area contributed by atoms with E-state index >= 15 is 0 Å². The molecule has 0 bridgehead atoms. The largest absolute Gasteiger partial charge is 0.467 e. The lowest BCUT2D eigenvalue weighted by Crippen LogP contribution is -2.42. The monoisotopic (exact) mass is 210 g/mol. The molecule has 0 fully saturated rings. The number of aliphatic hydroxyl groups excluding tert-OH is 1. The van der Waals surface area contributed by atoms with Crippen molar-refractivity contribution in [3.05, 3.63) is 35.9 Å². The second-order valence-electron chi connectivity index (χ2n) is 3.44. The van der Waals surface area contributed by atoms with Crippen LogP contribution in [-0.4, -0.2) is 29.4 Å². The lowest BCUT2D eigenvalue weighted by Gasteiger charge is -2.27. The predicted molar refractivity (Wildman–Crippen MR) is 54.0 cm³/mol. The van der Waals surface area contributed by atoms with Gasteiger partial charge in [0.1, 0.15) is 5.60 Å². The van der Waals surface area contributed by atoms with Gasteiger partial charge in [0.25, 0.3) is 0 Å². The molecule has 0 aliphatic carbocycles. The van der Waals surface area contributed by atoms with Gasteiger partial charge in [0.15, 0.2) is 6.10 Å². The molecular formula is C11H14O4. The lowest BCUT2D eigenvalue weighted by molar-refractivity contribution is -0.166. The summed E-state index contributed by atoms with van der Waals surface area (Å²) in [6, 6.07) is 8.48. The minimum Gasteiger partial charge on any atom is -0.467 e. The van der Waals surface area contributed by atoms with Gasteiger partial charge in [-0.05, 0) is 12.5 Å². The van der Waals surface area contributed by atoms with E-state index in [2.05, 4.69) is 4.74 Å². The molecule has 0 amide bonds. The average Bonchev–Trinajstić information content (AvgIpc) is 2.28. The first-order valence-corrected chi connectivity index (χ1v) is 4.54. The van der Waals surface area contributed by atoms with Crippen LogP contribution < -0.4 is 0 Å². The average molecular weight is 210 g/mol. The van der Waals surface area contributed by atoms with Crippen LogP contribution in [0.1, 0.15) is 12.5 Å². The van der Waals surface area contributed by atoms with E-state index in [9.17, 15) is 15.0 Å². The minimum absolute atomic E-state index is 0.461. The molecule has 0 spiro atoms. The second-order valence-corrected chi connectivity index (χ2v) is 3.44. The van der Waals surface area contributed by atoms with E-state index in [4.69, 9.17) is 0 Å². The minimum atomic E-state index is -1.64. The summed E-state index contributed by atoms with van der Waals surface area (Å²) in [5.74, 6) is -0.858. The van der Waals surface area contributed by atoms with Gasteiger partial charge in [-0.15, -0.1) is 0 Å². The zero-order valence-corrected chi connectivity index (χ0v) is 8.68. The van der Waals surface area contributed by atoms with Crippen molar-refractivity contribution in [1.82, 2.24) is 0 Å². The summed E-state index contributed by atoms with van der Waals surface area (Å²) in [5, 5.41) is 19.6. The highest BCUT2D eigenvalue weighted by atomic mass is 16.5. The van der Waals surface area contributed by atoms with Crippen molar-refractivity contribution in [3.63, 3.8) is 0 Å². The van der Waals surface area contributed by atoms with Crippen molar-refractivity contribution in [2.45, 2.75) is 18.6 Å². The molecule has 4 nitrogen and oxygen atoms in total. The number of carbonyl (C=O) groups is 1. The molecule has 0 radical (unpaired) electrons. The standard InChI is InChI=1S/C11H14O4/c1-11(14,9(12)10(13)15-2)8-6-4-3-5-7-8/h3-7,9,12,14H,1-2H3/t9-,11-/m1/s1. The third-order valence-electron chi connectivity index (χ3n) is 2.32. The van der Waals surface area contributed by atoms with Crippen LogP contribution in [0, 0.1) is 0 Å². The fraction of sp³-hybridized carbons (Fsp3) is 0.364. The number of benzene rings is 1. The molecule has 2 atom stereocenters. The quantitative estimate of drug-likeness (QED) is 0.710. The first-order chi connectivity index (χ1) is 7.00. The summed E-state index contributed by atoms with van der Waals surface area (Å²) >= 11 is 0. The number of rotatable bonds is 3. The Morgan fingerprint density at radius 1 is 1.40 bits per heavy atom. The Labute approximate surface area is 88.1 Å². The Kier molecular flexibility index (Phi) is 3.44. The highest BCUT2D eigenvalue weighted by molar-refractivity contribution is 5.76. The van der Waals surface area contributed by atoms with E-state index in [0.717, 1.165) is 7.11 Å². The number of ether oxygens (including phenoxy) is 1. The van der Waals surface area contributed by atoms with E-state index < -0.39 is 17.7 Å². The van der Waals surface area contributed by atoms with Gasteiger partial charge in [0, 0.05) is 0 Å². The van der Waals surface area contributed by atoms with E-state index in [-0.39, 0.29) is 0 Å². The first kappa shape index (κ1) is 11.7. The van der Waals surface area contributed by atoms with Crippen LogP contribution in [0.15, 0.2) is 30.3 Å². The molecule has 2 N–H and O–H groups in total. The van der Waals surface area contributed by atoms with Gasteiger partial charge in [0.2, 0.25) is 0 Å². The normalized spacial score (nSPS) is 16.5. The van der Waals surface area contributed by atoms with E-state index in [0.29, 0.717) is 5.56 Å². The number of esters is 1. The van der Waals surface area contributed by atoms with E-state index in [1.807, 2.05) is 0 Å². The van der Waals surface area contributed by atoms with Crippen LogP contribution in [-0.2, 0) is 15.1 Å². The summed E-state index contributed by atoms with van der Waals surface area (Å²) < 4.78 is 4.37. The van der Waals surface area contributed by atoms with Crippen LogP contribution >= 0.6 is 0 Å². The number of carbonyl (C=O) groups excluding carboxylic acids is 1. The molecular weight excluding hydrogens is 196 g/mol. The zero-order valence-electron chi connectivity index (χ0n) is 8.68. The smallest absolute Gasteiger partial charge is 0.338 e. The molecule has 82 valence electrons. The second kappa shape index (κ2) is 4.42. The molecule has 0 aliphatic rings. The van der Waals surface area contributed by atoms with Crippen LogP contribution in [0.4, 0.5) is 0 Å². The van der Waals surface area contributed by atoms with Gasteiger partial charge in [0.05, 0.1) is 7.11 Å². The van der Waals surface area contributed by atoms with Gasteiger partial charge in [-0.2, -0.15) is 0 Å². The zero-order chi connectivity index (χ0) is 11.5. The van der Waals surface area contributed by atoms with Crippen molar-refractivity contribution in [3.8, 4) is 0 Å². The number of methoxy groups -OCH3 is 1. The summed E-state index contributed by atoms with van der Waals surface area (Å²) in [5.41, 5.74) is -1.18. The van der Waals surface area contributed by atoms with Gasteiger partial charge >= 0.3 is 5.97 Å². The molecule has 1 rings (SSSR count). The van der Waals surface area contributed by atoms with Crippen LogP contribution in [0.5, 0.6) is 0 Å². The Balaban J connectivity index is 2.97. The van der Waals surface area contributed by atoms with Crippen LogP contribution in [0.25, 0.3) is 0 Å². The summed E-state index contributed by atoms with van der Waals surface area (Å²) in [6.07, 6.45) is -1.59. The molecule has 1 aromatic carbocycles. The lowest BCUT2D eigenvalue weighted by atomic mass is 9.90. The molecule has 4 heteroatoms. The number of aliphatic hydroxyl groups is 2. The summed E-state index contributed by atoms with van der Waals surface area (Å²) in [7, 11) is 1.16. The topological polar surface area (TPSA) is 66.8 Å². The van der Waals surface area contributed by atoms with Gasteiger partial charge in [-0.25, -0.2) is 4.79 Å². The first-order valence-electron chi connectivity index (χ1n) is 4.54. The predicted octanol–water partition coefficient (Wildman–Crippen LogP) is 0.428. The molecule has 15 heavy (non-hydrogen) atoms. The maximum atomic E-state index is 11.1. The fourth-order valence-corrected chi connectivity index (χ4v) is 1.27. The Morgan fingerprint density at radius 3 is 2.40 bits per heavy atom. The maximum Gasteiger partial charge on any atom is 0.338 e. The molecule has 0 aliphatic heterocycles. The summed E-state index contributed by atoms with van der Waals surface area (Å²) in [6.45, 7) is 1.36. The van der Waals surface area contributed by atoms with Crippen LogP contribution in [0.3, 0.4) is 0 Å². The van der Waals surface area contributed by atoms with Gasteiger partial charge in [-0.3, -0.25) is 0 Å². The van der Waals surface area contributed by atoms with Crippen LogP contribution in [0.2, 0.25) is 0 Å². The molecule has 0 unspecified atom stereocenters. The van der Waals surface area contributed by atoms with Crippen molar-refractivity contribution in [2.24, 2.45) is 0 Å². The SMILES string of the molecule is COC(=O)[C@@H](O)[C@](C)(O)c1ccccc1. The van der Waals surface area contributed by atoms with Gasteiger partial charge < -0.3 is 14.9 Å². The number of hydrogen-bond acceptors (Lipinski definition) is 4. The third-order valence-corrected chi connectivity index (χ3v) is 2.32. The van der Waals surface area contributed by atoms with Crippen molar-refractivity contribution in [2.75, 3.05) is 7.11 Å². The Bertz CT molecular complexity index is 332. The molecule has 0 saturated carbocycles. The molecule has 1 aromatic rings. The van der Waals surface area contributed by atoms with Crippen molar-refractivity contribution < 1.29 is 19.7 Å². The molecule has 0 aromatic heterocycles. The highest BCUT2D eigenvalue weighted by Crippen LogP contribution is 2.24. The maximum absolute atomic E-state index is 11.1.